The van der Waals surface area contributed by atoms with Crippen molar-refractivity contribution in [2.24, 2.45) is 0 Å². The third kappa shape index (κ3) is 4.77. The molecule has 0 saturated carbocycles. The van der Waals surface area contributed by atoms with Crippen molar-refractivity contribution in [3.8, 4) is 11.4 Å². The van der Waals surface area contributed by atoms with Crippen molar-refractivity contribution in [2.75, 3.05) is 18.5 Å². The SMILES string of the molecule is O=C(Cn1cc(Nc2nc(-c3cccc(Cl)c3)nc3c2CCCC3)cn1)NCCO. The second kappa shape index (κ2) is 9.23. The van der Waals surface area contributed by atoms with Crippen molar-refractivity contribution in [2.45, 2.75) is 32.2 Å². The molecule has 1 aliphatic carbocycles. The van der Waals surface area contributed by atoms with E-state index < -0.39 is 0 Å². The first-order valence-electron chi connectivity index (χ1n) is 9.95. The fraction of sp³-hybridized carbons (Fsp3) is 0.333. The maximum absolute atomic E-state index is 11.8. The summed E-state index contributed by atoms with van der Waals surface area (Å²) in [6.45, 7) is 0.216. The highest BCUT2D eigenvalue weighted by Gasteiger charge is 2.19. The highest BCUT2D eigenvalue weighted by Crippen LogP contribution is 2.30. The van der Waals surface area contributed by atoms with Crippen LogP contribution in [0.5, 0.6) is 0 Å². The Labute approximate surface area is 179 Å². The predicted molar refractivity (Wildman–Crippen MR) is 115 cm³/mol. The van der Waals surface area contributed by atoms with Crippen LogP contribution in [0.1, 0.15) is 24.1 Å². The average Bonchev–Trinajstić information content (AvgIpc) is 3.18. The molecule has 0 bridgehead atoms. The number of carbonyl (C=O) groups excluding carboxylic acids is 1. The molecule has 3 aromatic rings. The molecule has 0 atom stereocenters. The fourth-order valence-corrected chi connectivity index (χ4v) is 3.69. The van der Waals surface area contributed by atoms with Gasteiger partial charge in [0.15, 0.2) is 5.82 Å². The quantitative estimate of drug-likeness (QED) is 0.536. The summed E-state index contributed by atoms with van der Waals surface area (Å²) < 4.78 is 1.54. The summed E-state index contributed by atoms with van der Waals surface area (Å²) in [5.74, 6) is 1.19. The van der Waals surface area contributed by atoms with Gasteiger partial charge in [0.2, 0.25) is 5.91 Å². The largest absolute Gasteiger partial charge is 0.395 e. The lowest BCUT2D eigenvalue weighted by Gasteiger charge is -2.19. The number of fused-ring (bicyclic) bond motifs is 1. The van der Waals surface area contributed by atoms with Crippen molar-refractivity contribution in [3.05, 3.63) is 52.9 Å². The number of aryl methyl sites for hydroxylation is 1. The second-order valence-electron chi connectivity index (χ2n) is 7.16. The molecule has 0 spiro atoms. The summed E-state index contributed by atoms with van der Waals surface area (Å²) in [7, 11) is 0. The van der Waals surface area contributed by atoms with Crippen LogP contribution in [0.2, 0.25) is 5.02 Å². The van der Waals surface area contributed by atoms with Gasteiger partial charge in [-0.2, -0.15) is 5.10 Å². The van der Waals surface area contributed by atoms with Crippen LogP contribution in [0.4, 0.5) is 11.5 Å². The lowest BCUT2D eigenvalue weighted by Crippen LogP contribution is -2.30. The third-order valence-electron chi connectivity index (χ3n) is 4.90. The van der Waals surface area contributed by atoms with E-state index in [4.69, 9.17) is 26.7 Å². The van der Waals surface area contributed by atoms with Crippen LogP contribution in [0.3, 0.4) is 0 Å². The number of halogens is 1. The molecule has 1 aromatic carbocycles. The van der Waals surface area contributed by atoms with Crippen LogP contribution < -0.4 is 10.6 Å². The lowest BCUT2D eigenvalue weighted by molar-refractivity contribution is -0.122. The molecule has 0 fully saturated rings. The maximum atomic E-state index is 11.8. The Morgan fingerprint density at radius 3 is 2.93 bits per heavy atom. The number of amides is 1. The molecule has 156 valence electrons. The summed E-state index contributed by atoms with van der Waals surface area (Å²) in [6.07, 6.45) is 7.48. The van der Waals surface area contributed by atoms with E-state index in [1.165, 1.54) is 0 Å². The van der Waals surface area contributed by atoms with Gasteiger partial charge in [-0.1, -0.05) is 23.7 Å². The van der Waals surface area contributed by atoms with Crippen LogP contribution in [0.25, 0.3) is 11.4 Å². The van der Waals surface area contributed by atoms with Gasteiger partial charge in [0, 0.05) is 34.6 Å². The van der Waals surface area contributed by atoms with Gasteiger partial charge in [-0.25, -0.2) is 9.97 Å². The number of aliphatic hydroxyl groups is 1. The Balaban J connectivity index is 1.59. The van der Waals surface area contributed by atoms with Crippen molar-refractivity contribution in [3.63, 3.8) is 0 Å². The standard InChI is InChI=1S/C21H23ClN6O2/c22-15-5-3-4-14(10-15)20-26-18-7-2-1-6-17(18)21(27-20)25-16-11-24-28(12-16)13-19(30)23-8-9-29/h3-5,10-12,29H,1-2,6-9,13H2,(H,23,30)(H,25,26,27). The summed E-state index contributed by atoms with van der Waals surface area (Å²) in [6, 6.07) is 7.52. The topological polar surface area (TPSA) is 105 Å². The van der Waals surface area contributed by atoms with Gasteiger partial charge in [-0.3, -0.25) is 9.48 Å². The molecule has 9 heteroatoms. The normalized spacial score (nSPS) is 13.0. The van der Waals surface area contributed by atoms with Gasteiger partial charge >= 0.3 is 0 Å². The zero-order valence-corrected chi connectivity index (χ0v) is 17.2. The number of hydrogen-bond acceptors (Lipinski definition) is 6. The second-order valence-corrected chi connectivity index (χ2v) is 7.60. The molecule has 2 heterocycles. The highest BCUT2D eigenvalue weighted by molar-refractivity contribution is 6.30. The molecule has 8 nitrogen and oxygen atoms in total. The number of aliphatic hydroxyl groups excluding tert-OH is 1. The number of hydrogen-bond donors (Lipinski definition) is 3. The molecule has 4 rings (SSSR count). The average molecular weight is 427 g/mol. The molecule has 1 amide bonds. The summed E-state index contributed by atoms with van der Waals surface area (Å²) in [4.78, 5) is 21.4. The smallest absolute Gasteiger partial charge is 0.241 e. The fourth-order valence-electron chi connectivity index (χ4n) is 3.50. The van der Waals surface area contributed by atoms with Gasteiger partial charge in [0.1, 0.15) is 12.4 Å². The van der Waals surface area contributed by atoms with E-state index in [0.29, 0.717) is 10.8 Å². The van der Waals surface area contributed by atoms with Gasteiger partial charge in [0.25, 0.3) is 0 Å². The Bertz CT molecular complexity index is 1050. The number of nitrogens with zero attached hydrogens (tertiary/aromatic N) is 4. The number of nitrogens with one attached hydrogen (secondary N) is 2. The van der Waals surface area contributed by atoms with Gasteiger partial charge in [0.05, 0.1) is 18.5 Å². The van der Waals surface area contributed by atoms with E-state index in [0.717, 1.165) is 54.0 Å². The molecular weight excluding hydrogens is 404 g/mol. The number of benzene rings is 1. The minimum atomic E-state index is -0.207. The third-order valence-corrected chi connectivity index (χ3v) is 5.14. The maximum Gasteiger partial charge on any atom is 0.241 e. The number of carbonyl (C=O) groups is 1. The zero-order chi connectivity index (χ0) is 20.9. The van der Waals surface area contributed by atoms with E-state index in [1.807, 2.05) is 24.3 Å². The van der Waals surface area contributed by atoms with Gasteiger partial charge < -0.3 is 15.7 Å². The number of rotatable bonds is 7. The van der Waals surface area contributed by atoms with Crippen LogP contribution >= 0.6 is 11.6 Å². The van der Waals surface area contributed by atoms with Crippen molar-refractivity contribution in [1.29, 1.82) is 0 Å². The Morgan fingerprint density at radius 2 is 2.10 bits per heavy atom. The molecule has 0 saturated heterocycles. The highest BCUT2D eigenvalue weighted by atomic mass is 35.5. The number of aromatic nitrogens is 4. The van der Waals surface area contributed by atoms with E-state index in [2.05, 4.69) is 15.7 Å². The zero-order valence-electron chi connectivity index (χ0n) is 16.4. The van der Waals surface area contributed by atoms with Crippen molar-refractivity contribution in [1.82, 2.24) is 25.1 Å². The first kappa shape index (κ1) is 20.3. The Hall–Kier alpha value is -2.97. The van der Waals surface area contributed by atoms with E-state index in [9.17, 15) is 4.79 Å². The van der Waals surface area contributed by atoms with E-state index in [1.54, 1.807) is 17.1 Å². The molecule has 30 heavy (non-hydrogen) atoms. The summed E-state index contributed by atoms with van der Waals surface area (Å²) >= 11 is 6.15. The molecule has 2 aromatic heterocycles. The molecular formula is C21H23ClN6O2. The van der Waals surface area contributed by atoms with Crippen LogP contribution in [-0.4, -0.2) is 43.9 Å². The molecule has 1 aliphatic rings. The first-order chi connectivity index (χ1) is 14.6. The van der Waals surface area contributed by atoms with Crippen LogP contribution in [-0.2, 0) is 24.2 Å². The molecule has 0 radical (unpaired) electrons. The predicted octanol–water partition coefficient (Wildman–Crippen LogP) is 2.72. The van der Waals surface area contributed by atoms with Crippen molar-refractivity contribution < 1.29 is 9.90 Å². The summed E-state index contributed by atoms with van der Waals surface area (Å²) in [5.41, 5.74) is 3.80. The van der Waals surface area contributed by atoms with Gasteiger partial charge in [-0.15, -0.1) is 0 Å². The van der Waals surface area contributed by atoms with Crippen LogP contribution in [0.15, 0.2) is 36.7 Å². The Morgan fingerprint density at radius 1 is 1.23 bits per heavy atom. The molecule has 0 unspecified atom stereocenters. The van der Waals surface area contributed by atoms with E-state index in [-0.39, 0.29) is 25.6 Å². The van der Waals surface area contributed by atoms with Crippen molar-refractivity contribution >= 4 is 29.0 Å². The van der Waals surface area contributed by atoms with Gasteiger partial charge in [-0.05, 0) is 37.8 Å². The minimum absolute atomic E-state index is 0.0807. The molecule has 3 N–H and O–H groups in total. The number of anilines is 2. The van der Waals surface area contributed by atoms with Crippen LogP contribution in [0, 0.1) is 0 Å². The minimum Gasteiger partial charge on any atom is -0.395 e. The first-order valence-corrected chi connectivity index (χ1v) is 10.3. The molecule has 0 aliphatic heterocycles. The summed E-state index contributed by atoms with van der Waals surface area (Å²) in [5, 5.41) is 19.6. The lowest BCUT2D eigenvalue weighted by atomic mass is 9.96. The van der Waals surface area contributed by atoms with E-state index >= 15 is 0 Å². The Kier molecular flexibility index (Phi) is 6.25. The monoisotopic (exact) mass is 426 g/mol.